The van der Waals surface area contributed by atoms with Crippen molar-refractivity contribution in [1.29, 1.82) is 0 Å². The number of aryl methyl sites for hydroxylation is 1. The quantitative estimate of drug-likeness (QED) is 0.304. The fourth-order valence-corrected chi connectivity index (χ4v) is 5.28. The summed E-state index contributed by atoms with van der Waals surface area (Å²) in [7, 11) is -3.92. The van der Waals surface area contributed by atoms with Gasteiger partial charge >= 0.3 is 0 Å². The molecule has 218 valence electrons. The molecule has 0 spiro atoms. The lowest BCUT2D eigenvalue weighted by molar-refractivity contribution is -0.140. The van der Waals surface area contributed by atoms with Gasteiger partial charge in [0.15, 0.2) is 5.78 Å². The minimum absolute atomic E-state index is 0.114. The summed E-state index contributed by atoms with van der Waals surface area (Å²) in [6, 6.07) is 22.3. The molecule has 8 nitrogen and oxygen atoms in total. The molecule has 9 heteroatoms. The summed E-state index contributed by atoms with van der Waals surface area (Å²) in [5.74, 6) is -0.870. The van der Waals surface area contributed by atoms with Gasteiger partial charge < -0.3 is 10.2 Å². The van der Waals surface area contributed by atoms with Crippen LogP contribution in [0.5, 0.6) is 0 Å². The zero-order chi connectivity index (χ0) is 30.2. The Morgan fingerprint density at radius 3 is 2.17 bits per heavy atom. The van der Waals surface area contributed by atoms with Crippen molar-refractivity contribution in [3.63, 3.8) is 0 Å². The van der Waals surface area contributed by atoms with Gasteiger partial charge in [0.25, 0.3) is 0 Å². The Labute approximate surface area is 243 Å². The Morgan fingerprint density at radius 1 is 0.902 bits per heavy atom. The maximum absolute atomic E-state index is 14.2. The van der Waals surface area contributed by atoms with Crippen LogP contribution >= 0.6 is 0 Å². The van der Waals surface area contributed by atoms with E-state index in [9.17, 15) is 22.8 Å². The summed E-state index contributed by atoms with van der Waals surface area (Å²) >= 11 is 0. The summed E-state index contributed by atoms with van der Waals surface area (Å²) in [6.45, 7) is 7.31. The van der Waals surface area contributed by atoms with E-state index in [1.165, 1.54) is 17.9 Å². The lowest BCUT2D eigenvalue weighted by atomic mass is 10.0. The first kappa shape index (κ1) is 31.5. The van der Waals surface area contributed by atoms with E-state index >= 15 is 0 Å². The lowest BCUT2D eigenvalue weighted by Crippen LogP contribution is -2.53. The molecule has 3 rings (SSSR count). The molecule has 1 atom stereocenters. The predicted octanol–water partition coefficient (Wildman–Crippen LogP) is 4.38. The summed E-state index contributed by atoms with van der Waals surface area (Å²) in [4.78, 5) is 41.3. The molecule has 3 aromatic rings. The third-order valence-corrected chi connectivity index (χ3v) is 7.92. The average molecular weight is 578 g/mol. The van der Waals surface area contributed by atoms with Crippen molar-refractivity contribution in [1.82, 2.24) is 10.2 Å². The van der Waals surface area contributed by atoms with Crippen molar-refractivity contribution in [2.45, 2.75) is 46.7 Å². The van der Waals surface area contributed by atoms with Gasteiger partial charge in [-0.05, 0) is 48.6 Å². The second-order valence-corrected chi connectivity index (χ2v) is 12.6. The standard InChI is InChI=1S/C32H39N3O5S/c1-23(2)20-33-32(38)30(18-26-13-7-6-8-14-26)34(21-28-15-10-9-12-24(28)3)31(37)22-35(41(5,39)40)29-17-11-16-27(19-29)25(4)36/h6-17,19,23,30H,18,20-22H2,1-5H3,(H,33,38). The third kappa shape index (κ3) is 9.01. The second kappa shape index (κ2) is 14.1. The zero-order valence-electron chi connectivity index (χ0n) is 24.3. The van der Waals surface area contributed by atoms with Crippen LogP contribution in [0.1, 0.15) is 47.8 Å². The molecule has 0 aromatic heterocycles. The van der Waals surface area contributed by atoms with Gasteiger partial charge in [0.2, 0.25) is 21.8 Å². The van der Waals surface area contributed by atoms with Crippen LogP contribution in [0, 0.1) is 12.8 Å². The molecular formula is C32H39N3O5S. The topological polar surface area (TPSA) is 104 Å². The number of sulfonamides is 1. The van der Waals surface area contributed by atoms with Crippen LogP contribution in [0.3, 0.4) is 0 Å². The number of benzene rings is 3. The van der Waals surface area contributed by atoms with E-state index < -0.39 is 28.5 Å². The van der Waals surface area contributed by atoms with Gasteiger partial charge in [-0.3, -0.25) is 18.7 Å². The van der Waals surface area contributed by atoms with E-state index in [1.807, 2.05) is 75.4 Å². The van der Waals surface area contributed by atoms with Gasteiger partial charge in [-0.15, -0.1) is 0 Å². The number of carbonyl (C=O) groups is 3. The Bertz CT molecular complexity index is 1470. The molecule has 2 amide bonds. The molecule has 1 unspecified atom stereocenters. The number of carbonyl (C=O) groups excluding carboxylic acids is 3. The number of anilines is 1. The van der Waals surface area contributed by atoms with Gasteiger partial charge in [-0.1, -0.05) is 80.6 Å². The SMILES string of the molecule is CC(=O)c1cccc(N(CC(=O)N(Cc2ccccc2C)C(Cc2ccccc2)C(=O)NCC(C)C)S(C)(=O)=O)c1. The van der Waals surface area contributed by atoms with E-state index in [0.717, 1.165) is 27.3 Å². The Balaban J connectivity index is 2.08. The van der Waals surface area contributed by atoms with Crippen molar-refractivity contribution >= 4 is 33.3 Å². The van der Waals surface area contributed by atoms with Crippen molar-refractivity contribution in [2.75, 3.05) is 23.7 Å². The number of nitrogens with zero attached hydrogens (tertiary/aromatic N) is 2. The molecule has 0 aliphatic heterocycles. The van der Waals surface area contributed by atoms with Crippen molar-refractivity contribution in [2.24, 2.45) is 5.92 Å². The fourth-order valence-electron chi connectivity index (χ4n) is 4.44. The monoisotopic (exact) mass is 577 g/mol. The molecule has 0 fully saturated rings. The van der Waals surface area contributed by atoms with Crippen LogP contribution < -0.4 is 9.62 Å². The van der Waals surface area contributed by atoms with E-state index in [4.69, 9.17) is 0 Å². The first-order valence-corrected chi connectivity index (χ1v) is 15.5. The third-order valence-electron chi connectivity index (χ3n) is 6.78. The molecule has 0 saturated heterocycles. The number of ketones is 1. The van der Waals surface area contributed by atoms with E-state index in [-0.39, 0.29) is 36.3 Å². The molecular weight excluding hydrogens is 538 g/mol. The number of Topliss-reactive ketones (excluding diaryl/α,β-unsaturated/α-hetero) is 1. The van der Waals surface area contributed by atoms with Crippen LogP contribution in [0.4, 0.5) is 5.69 Å². The number of hydrogen-bond donors (Lipinski definition) is 1. The van der Waals surface area contributed by atoms with Gasteiger partial charge in [-0.2, -0.15) is 0 Å². The summed E-state index contributed by atoms with van der Waals surface area (Å²) in [5.41, 5.74) is 3.19. The van der Waals surface area contributed by atoms with Crippen LogP contribution in [-0.2, 0) is 32.6 Å². The summed E-state index contributed by atoms with van der Waals surface area (Å²) in [6.07, 6.45) is 1.27. The van der Waals surface area contributed by atoms with Gasteiger partial charge in [0, 0.05) is 25.1 Å². The molecule has 1 N–H and O–H groups in total. The number of rotatable bonds is 13. The minimum atomic E-state index is -3.92. The normalized spacial score (nSPS) is 12.0. The number of nitrogens with one attached hydrogen (secondary N) is 1. The number of amides is 2. The maximum Gasteiger partial charge on any atom is 0.244 e. The maximum atomic E-state index is 14.2. The van der Waals surface area contributed by atoms with Crippen LogP contribution in [-0.4, -0.2) is 56.3 Å². The zero-order valence-corrected chi connectivity index (χ0v) is 25.1. The van der Waals surface area contributed by atoms with Gasteiger partial charge in [0.1, 0.15) is 12.6 Å². The molecule has 0 heterocycles. The van der Waals surface area contributed by atoms with Gasteiger partial charge in [0.05, 0.1) is 11.9 Å². The highest BCUT2D eigenvalue weighted by Crippen LogP contribution is 2.22. The molecule has 41 heavy (non-hydrogen) atoms. The van der Waals surface area contributed by atoms with E-state index in [1.54, 1.807) is 18.2 Å². The van der Waals surface area contributed by atoms with Gasteiger partial charge in [-0.25, -0.2) is 8.42 Å². The highest BCUT2D eigenvalue weighted by molar-refractivity contribution is 7.92. The highest BCUT2D eigenvalue weighted by Gasteiger charge is 2.33. The Hall–Kier alpha value is -3.98. The smallest absolute Gasteiger partial charge is 0.244 e. The van der Waals surface area contributed by atoms with Crippen LogP contribution in [0.2, 0.25) is 0 Å². The van der Waals surface area contributed by atoms with E-state index in [2.05, 4.69) is 5.32 Å². The summed E-state index contributed by atoms with van der Waals surface area (Å²) in [5, 5.41) is 2.97. The molecule has 0 aliphatic rings. The largest absolute Gasteiger partial charge is 0.354 e. The Morgan fingerprint density at radius 2 is 1.56 bits per heavy atom. The molecule has 0 bridgehead atoms. The highest BCUT2D eigenvalue weighted by atomic mass is 32.2. The predicted molar refractivity (Wildman–Crippen MR) is 162 cm³/mol. The molecule has 3 aromatic carbocycles. The van der Waals surface area contributed by atoms with E-state index in [0.29, 0.717) is 12.1 Å². The number of hydrogen-bond acceptors (Lipinski definition) is 5. The fraction of sp³-hybridized carbons (Fsp3) is 0.344. The van der Waals surface area contributed by atoms with Crippen molar-refractivity contribution in [3.8, 4) is 0 Å². The first-order valence-electron chi connectivity index (χ1n) is 13.6. The Kier molecular flexibility index (Phi) is 10.8. The summed E-state index contributed by atoms with van der Waals surface area (Å²) < 4.78 is 26.9. The average Bonchev–Trinajstić information content (AvgIpc) is 2.93. The molecule has 0 saturated carbocycles. The van der Waals surface area contributed by atoms with Crippen LogP contribution in [0.25, 0.3) is 0 Å². The second-order valence-electron chi connectivity index (χ2n) is 10.7. The van der Waals surface area contributed by atoms with Crippen LogP contribution in [0.15, 0.2) is 78.9 Å². The lowest BCUT2D eigenvalue weighted by Gasteiger charge is -2.34. The molecule has 0 radical (unpaired) electrons. The minimum Gasteiger partial charge on any atom is -0.354 e. The van der Waals surface area contributed by atoms with Crippen molar-refractivity contribution < 1.29 is 22.8 Å². The molecule has 0 aliphatic carbocycles. The first-order chi connectivity index (χ1) is 19.4. The van der Waals surface area contributed by atoms with Crippen molar-refractivity contribution in [3.05, 3.63) is 101 Å².